The van der Waals surface area contributed by atoms with Crippen molar-refractivity contribution in [3.8, 4) is 16.9 Å². The molecule has 1 aliphatic rings. The van der Waals surface area contributed by atoms with Crippen molar-refractivity contribution in [2.45, 2.75) is 83.4 Å². The van der Waals surface area contributed by atoms with Gasteiger partial charge in [0.15, 0.2) is 0 Å². The maximum Gasteiger partial charge on any atom is 0.228 e. The van der Waals surface area contributed by atoms with Gasteiger partial charge in [-0.2, -0.15) is 0 Å². The second-order valence-corrected chi connectivity index (χ2v) is 15.1. The molecule has 1 unspecified atom stereocenters. The second-order valence-electron chi connectivity index (χ2n) is 13.7. The van der Waals surface area contributed by atoms with Crippen molar-refractivity contribution < 1.29 is 18.5 Å². The molecule has 0 bridgehead atoms. The summed E-state index contributed by atoms with van der Waals surface area (Å²) in [5.41, 5.74) is 7.35. The number of aryl methyl sites for hydroxylation is 1. The van der Waals surface area contributed by atoms with E-state index >= 15 is 0 Å². The average Bonchev–Trinajstić information content (AvgIpc) is 3.55. The van der Waals surface area contributed by atoms with Crippen LogP contribution in [-0.2, 0) is 32.6 Å². The number of ether oxygens (including phenoxy) is 2. The minimum Gasteiger partial charge on any atom is -0.491 e. The number of nitrogens with one attached hydrogen (secondary N) is 1. The number of aromatic nitrogens is 2. The summed E-state index contributed by atoms with van der Waals surface area (Å²) < 4.78 is 26.6. The zero-order chi connectivity index (χ0) is 36.0. The van der Waals surface area contributed by atoms with Crippen molar-refractivity contribution >= 4 is 34.2 Å². The Kier molecular flexibility index (Phi) is 14.5. The quantitative estimate of drug-likeness (QED) is 0.104. The molecule has 0 saturated carbocycles. The van der Waals surface area contributed by atoms with E-state index < -0.39 is 10.8 Å². The highest BCUT2D eigenvalue weighted by atomic mass is 32.2. The highest BCUT2D eigenvalue weighted by Gasteiger charge is 2.18. The number of benzene rings is 3. The van der Waals surface area contributed by atoms with Gasteiger partial charge in [0.2, 0.25) is 5.91 Å². The molecule has 1 aliphatic heterocycles. The third-order valence-corrected chi connectivity index (χ3v) is 10.3. The van der Waals surface area contributed by atoms with Gasteiger partial charge in [-0.05, 0) is 96.8 Å². The Bertz CT molecular complexity index is 1750. The lowest BCUT2D eigenvalue weighted by Gasteiger charge is -2.30. The smallest absolute Gasteiger partial charge is 0.228 e. The Hall–Kier alpha value is -4.21. The first kappa shape index (κ1) is 38.0. The fourth-order valence-electron chi connectivity index (χ4n) is 6.36. The van der Waals surface area contributed by atoms with Crippen LogP contribution in [0.4, 0.5) is 11.4 Å². The van der Waals surface area contributed by atoms with E-state index in [4.69, 9.17) is 9.47 Å². The summed E-state index contributed by atoms with van der Waals surface area (Å²) in [4.78, 5) is 20.8. The highest BCUT2D eigenvalue weighted by molar-refractivity contribution is 7.84. The molecular formula is C42H54N4O4S. The van der Waals surface area contributed by atoms with E-state index in [9.17, 15) is 9.00 Å². The molecule has 5 rings (SSSR count). The maximum absolute atomic E-state index is 13.3. The van der Waals surface area contributed by atoms with E-state index in [2.05, 4.69) is 83.9 Å². The molecule has 272 valence electrons. The van der Waals surface area contributed by atoms with Crippen LogP contribution in [0.3, 0.4) is 0 Å². The molecule has 0 radical (unpaired) electrons. The van der Waals surface area contributed by atoms with Crippen LogP contribution in [-0.4, -0.2) is 52.6 Å². The zero-order valence-corrected chi connectivity index (χ0v) is 31.6. The predicted octanol–water partition coefficient (Wildman–Crippen LogP) is 9.13. The Morgan fingerprint density at radius 2 is 1.75 bits per heavy atom. The number of hydrogen-bond acceptors (Lipinski definition) is 6. The molecule has 1 atom stereocenters. The van der Waals surface area contributed by atoms with Crippen molar-refractivity contribution in [1.82, 2.24) is 9.55 Å². The summed E-state index contributed by atoms with van der Waals surface area (Å²) in [6.07, 6.45) is 11.1. The maximum atomic E-state index is 13.3. The van der Waals surface area contributed by atoms with Gasteiger partial charge in [0.05, 0.1) is 35.2 Å². The number of carbonyl (C=O) groups excluding carboxylic acids is 1. The van der Waals surface area contributed by atoms with Crippen molar-refractivity contribution in [2.75, 3.05) is 43.1 Å². The molecule has 0 aliphatic carbocycles. The SMILES string of the molecule is CCCCOCCOc1ccc(-c2ccc3c(c2)C=C(CC(=O)Nc2ccc(S(=O)Cc4cncn4CCC)cc2)CCCN3CC(C)C)cc1. The first-order valence-corrected chi connectivity index (χ1v) is 19.8. The molecule has 9 heteroatoms. The highest BCUT2D eigenvalue weighted by Crippen LogP contribution is 2.34. The minimum atomic E-state index is -1.20. The van der Waals surface area contributed by atoms with Gasteiger partial charge in [-0.3, -0.25) is 9.00 Å². The Morgan fingerprint density at radius 1 is 0.961 bits per heavy atom. The Morgan fingerprint density at radius 3 is 2.49 bits per heavy atom. The monoisotopic (exact) mass is 710 g/mol. The van der Waals surface area contributed by atoms with Crippen LogP contribution >= 0.6 is 0 Å². The summed E-state index contributed by atoms with van der Waals surface area (Å²) in [5, 5.41) is 3.07. The molecule has 51 heavy (non-hydrogen) atoms. The number of hydrogen-bond donors (Lipinski definition) is 1. The van der Waals surface area contributed by atoms with Crippen molar-refractivity contribution in [3.05, 3.63) is 96.1 Å². The minimum absolute atomic E-state index is 0.0535. The van der Waals surface area contributed by atoms with E-state index in [1.807, 2.05) is 36.4 Å². The Labute approximate surface area is 306 Å². The summed E-state index contributed by atoms with van der Waals surface area (Å²) in [6, 6.07) is 22.3. The fourth-order valence-corrected chi connectivity index (χ4v) is 7.47. The molecular weight excluding hydrogens is 657 g/mol. The fraction of sp³-hybridized carbons (Fsp3) is 0.429. The van der Waals surface area contributed by atoms with Gasteiger partial charge < -0.3 is 24.3 Å². The zero-order valence-electron chi connectivity index (χ0n) is 30.7. The van der Waals surface area contributed by atoms with Gasteiger partial charge in [-0.25, -0.2) is 4.98 Å². The molecule has 1 aromatic heterocycles. The van der Waals surface area contributed by atoms with Gasteiger partial charge in [0.1, 0.15) is 12.4 Å². The number of unbranched alkanes of at least 4 members (excludes halogenated alkanes) is 1. The van der Waals surface area contributed by atoms with Crippen LogP contribution in [0.2, 0.25) is 0 Å². The van der Waals surface area contributed by atoms with E-state index in [-0.39, 0.29) is 5.91 Å². The van der Waals surface area contributed by atoms with E-state index in [0.29, 0.717) is 37.0 Å². The standard InChI is InChI=1S/C42H54N4O4S/c1-5-7-22-49-23-24-50-39-15-10-34(11-16-39)35-12-19-41-36(27-35)25-33(9-8-21-45(41)29-32(3)4)26-42(47)44-37-13-17-40(18-14-37)51(48)30-38-28-43-31-46(38)20-6-2/h10-19,25,27-28,31-32H,5-9,20-24,26,29-30H2,1-4H3,(H,44,47). The molecule has 0 saturated heterocycles. The lowest BCUT2D eigenvalue weighted by Crippen LogP contribution is -2.30. The summed E-state index contributed by atoms with van der Waals surface area (Å²) >= 11 is 0. The number of rotatable bonds is 18. The molecule has 3 aromatic carbocycles. The number of carbonyl (C=O) groups is 1. The number of imidazole rings is 1. The molecule has 0 fully saturated rings. The molecule has 4 aromatic rings. The summed E-state index contributed by atoms with van der Waals surface area (Å²) in [7, 11) is -1.20. The largest absolute Gasteiger partial charge is 0.491 e. The second kappa shape index (κ2) is 19.4. The molecule has 0 spiro atoms. The first-order valence-electron chi connectivity index (χ1n) is 18.5. The average molecular weight is 711 g/mol. The normalized spacial score (nSPS) is 13.7. The van der Waals surface area contributed by atoms with Gasteiger partial charge in [-0.1, -0.05) is 64.0 Å². The van der Waals surface area contributed by atoms with Crippen molar-refractivity contribution in [2.24, 2.45) is 5.92 Å². The number of nitrogens with zero attached hydrogens (tertiary/aromatic N) is 3. The first-order chi connectivity index (χ1) is 24.8. The van der Waals surface area contributed by atoms with Crippen LogP contribution in [0.5, 0.6) is 5.75 Å². The van der Waals surface area contributed by atoms with Crippen molar-refractivity contribution in [1.29, 1.82) is 0 Å². The van der Waals surface area contributed by atoms with Gasteiger partial charge in [-0.15, -0.1) is 0 Å². The number of anilines is 2. The van der Waals surface area contributed by atoms with Crippen LogP contribution in [0, 0.1) is 5.92 Å². The number of fused-ring (bicyclic) bond motifs is 1. The molecule has 8 nitrogen and oxygen atoms in total. The Balaban J connectivity index is 1.26. The third-order valence-electron chi connectivity index (χ3n) is 8.90. The topological polar surface area (TPSA) is 85.7 Å². The predicted molar refractivity (Wildman–Crippen MR) is 210 cm³/mol. The lowest BCUT2D eigenvalue weighted by atomic mass is 9.95. The summed E-state index contributed by atoms with van der Waals surface area (Å²) in [5.74, 6) is 1.72. The van der Waals surface area contributed by atoms with Gasteiger partial charge >= 0.3 is 0 Å². The van der Waals surface area contributed by atoms with Gasteiger partial charge in [0.25, 0.3) is 0 Å². The molecule has 1 N–H and O–H groups in total. The molecule has 2 heterocycles. The van der Waals surface area contributed by atoms with Gasteiger partial charge in [0, 0.05) is 55.1 Å². The summed E-state index contributed by atoms with van der Waals surface area (Å²) in [6.45, 7) is 13.5. The molecule has 1 amide bonds. The van der Waals surface area contributed by atoms with Crippen LogP contribution in [0.1, 0.15) is 77.5 Å². The van der Waals surface area contributed by atoms with Crippen molar-refractivity contribution in [3.63, 3.8) is 0 Å². The van der Waals surface area contributed by atoms with Crippen LogP contribution < -0.4 is 15.0 Å². The number of amides is 1. The van der Waals surface area contributed by atoms with Crippen LogP contribution in [0.15, 0.2) is 89.7 Å². The van der Waals surface area contributed by atoms with Crippen LogP contribution in [0.25, 0.3) is 17.2 Å². The van der Waals surface area contributed by atoms with E-state index in [0.717, 1.165) is 96.9 Å². The lowest BCUT2D eigenvalue weighted by molar-refractivity contribution is -0.115. The third kappa shape index (κ3) is 11.4. The van der Waals surface area contributed by atoms with E-state index in [1.165, 1.54) is 5.69 Å². The van der Waals surface area contributed by atoms with E-state index in [1.54, 1.807) is 12.5 Å².